The van der Waals surface area contributed by atoms with Crippen LogP contribution in [0, 0.1) is 0 Å². The molecule has 3 nitrogen and oxygen atoms in total. The van der Waals surface area contributed by atoms with E-state index in [9.17, 15) is 4.79 Å². The average molecular weight is 265 g/mol. The monoisotopic (exact) mass is 264 g/mol. The lowest BCUT2D eigenvalue weighted by Crippen LogP contribution is -2.15. The van der Waals surface area contributed by atoms with E-state index in [1.807, 2.05) is 18.2 Å². The van der Waals surface area contributed by atoms with Gasteiger partial charge in [0.25, 0.3) is 5.56 Å². The van der Waals surface area contributed by atoms with Gasteiger partial charge in [0.05, 0.1) is 10.7 Å². The fraction of sp³-hybridized carbons (Fsp3) is 0.167. The predicted molar refractivity (Wildman–Crippen MR) is 70.3 cm³/mol. The molecule has 0 saturated carbocycles. The lowest BCUT2D eigenvalue weighted by molar-refractivity contribution is 1.03. The van der Waals surface area contributed by atoms with Gasteiger partial charge in [-0.3, -0.25) is 4.79 Å². The number of halogens is 1. The van der Waals surface area contributed by atoms with E-state index in [2.05, 4.69) is 9.97 Å². The van der Waals surface area contributed by atoms with Crippen LogP contribution in [0.15, 0.2) is 29.1 Å². The van der Waals surface area contributed by atoms with E-state index in [1.165, 1.54) is 0 Å². The second-order valence-corrected chi connectivity index (χ2v) is 5.21. The van der Waals surface area contributed by atoms with Crippen LogP contribution in [-0.4, -0.2) is 9.97 Å². The van der Waals surface area contributed by atoms with Crippen molar-refractivity contribution in [3.05, 3.63) is 50.9 Å². The molecule has 5 heteroatoms. The Morgan fingerprint density at radius 2 is 2.12 bits per heavy atom. The van der Waals surface area contributed by atoms with Crippen molar-refractivity contribution in [1.82, 2.24) is 9.97 Å². The molecule has 1 aromatic heterocycles. The molecule has 1 aliphatic rings. The maximum Gasteiger partial charge on any atom is 0.255 e. The minimum absolute atomic E-state index is 0.0464. The summed E-state index contributed by atoms with van der Waals surface area (Å²) >= 11 is 7.80. The maximum absolute atomic E-state index is 11.9. The first-order chi connectivity index (χ1) is 8.25. The lowest BCUT2D eigenvalue weighted by atomic mass is 10.2. The Morgan fingerprint density at radius 1 is 1.29 bits per heavy atom. The predicted octanol–water partition coefficient (Wildman–Crippen LogP) is 2.84. The van der Waals surface area contributed by atoms with Crippen molar-refractivity contribution in [2.24, 2.45) is 0 Å². The van der Waals surface area contributed by atoms with Crippen molar-refractivity contribution in [2.45, 2.75) is 11.5 Å². The average Bonchev–Trinajstić information content (AvgIpc) is 2.78. The highest BCUT2D eigenvalue weighted by Crippen LogP contribution is 2.29. The highest BCUT2D eigenvalue weighted by atomic mass is 35.5. The van der Waals surface area contributed by atoms with E-state index in [1.54, 1.807) is 17.8 Å². The van der Waals surface area contributed by atoms with Crippen LogP contribution in [-0.2, 0) is 11.5 Å². The maximum atomic E-state index is 11.9. The lowest BCUT2D eigenvalue weighted by Gasteiger charge is -2.05. The fourth-order valence-corrected chi connectivity index (χ4v) is 3.10. The summed E-state index contributed by atoms with van der Waals surface area (Å²) < 4.78 is 0. The Bertz CT molecular complexity index is 639. The van der Waals surface area contributed by atoms with Gasteiger partial charge < -0.3 is 4.98 Å². The number of fused-ring (bicyclic) bond motifs is 1. The summed E-state index contributed by atoms with van der Waals surface area (Å²) in [7, 11) is 0. The van der Waals surface area contributed by atoms with Gasteiger partial charge in [-0.05, 0) is 12.1 Å². The number of nitrogens with zero attached hydrogens (tertiary/aromatic N) is 1. The number of benzene rings is 1. The van der Waals surface area contributed by atoms with Crippen molar-refractivity contribution in [3.8, 4) is 11.4 Å². The molecule has 86 valence electrons. The molecular formula is C12H9ClN2OS. The number of nitrogens with one attached hydrogen (secondary N) is 1. The highest BCUT2D eigenvalue weighted by Gasteiger charge is 2.18. The first-order valence-electron chi connectivity index (χ1n) is 5.20. The molecule has 1 aliphatic heterocycles. The van der Waals surface area contributed by atoms with Crippen LogP contribution in [0.5, 0.6) is 0 Å². The van der Waals surface area contributed by atoms with Gasteiger partial charge in [-0.15, -0.1) is 0 Å². The molecule has 0 unspecified atom stereocenters. The normalized spacial score (nSPS) is 13.7. The van der Waals surface area contributed by atoms with Gasteiger partial charge in [0.1, 0.15) is 5.82 Å². The number of H-pyrrole nitrogens is 1. The second kappa shape index (κ2) is 4.20. The Kier molecular flexibility index (Phi) is 2.68. The zero-order valence-corrected chi connectivity index (χ0v) is 10.4. The third-order valence-corrected chi connectivity index (χ3v) is 4.02. The van der Waals surface area contributed by atoms with Crippen molar-refractivity contribution < 1.29 is 0 Å². The summed E-state index contributed by atoms with van der Waals surface area (Å²) in [5.41, 5.74) is 2.40. The van der Waals surface area contributed by atoms with Crippen molar-refractivity contribution in [1.29, 1.82) is 0 Å². The Labute approximate surface area is 107 Å². The van der Waals surface area contributed by atoms with Crippen LogP contribution >= 0.6 is 23.4 Å². The molecule has 17 heavy (non-hydrogen) atoms. The molecule has 2 heterocycles. The Balaban J connectivity index is 2.20. The summed E-state index contributed by atoms with van der Waals surface area (Å²) in [5.74, 6) is 2.11. The topological polar surface area (TPSA) is 45.8 Å². The number of aromatic nitrogens is 2. The van der Waals surface area contributed by atoms with Crippen molar-refractivity contribution in [3.63, 3.8) is 0 Å². The number of hydrogen-bond donors (Lipinski definition) is 1. The molecule has 1 aromatic carbocycles. The summed E-state index contributed by atoms with van der Waals surface area (Å²) in [5, 5.41) is 0.598. The molecule has 0 radical (unpaired) electrons. The minimum atomic E-state index is -0.0464. The molecule has 3 rings (SSSR count). The largest absolute Gasteiger partial charge is 0.306 e. The van der Waals surface area contributed by atoms with Crippen molar-refractivity contribution in [2.75, 3.05) is 0 Å². The molecule has 0 spiro atoms. The number of hydrogen-bond acceptors (Lipinski definition) is 3. The quantitative estimate of drug-likeness (QED) is 0.862. The third kappa shape index (κ3) is 1.87. The Morgan fingerprint density at radius 3 is 2.94 bits per heavy atom. The van der Waals surface area contributed by atoms with E-state index in [0.717, 1.165) is 28.3 Å². The molecule has 0 fully saturated rings. The number of thioether (sulfide) groups is 1. The standard InChI is InChI=1S/C12H9ClN2OS/c13-9-4-2-1-3-7(9)11-14-10-6-17-5-8(10)12(16)15-11/h1-4H,5-6H2,(H,14,15,16). The van der Waals surface area contributed by atoms with Gasteiger partial charge in [0, 0.05) is 22.6 Å². The summed E-state index contributed by atoms with van der Waals surface area (Å²) in [6.45, 7) is 0. The first-order valence-corrected chi connectivity index (χ1v) is 6.73. The van der Waals surface area contributed by atoms with E-state index in [4.69, 9.17) is 11.6 Å². The van der Waals surface area contributed by atoms with Gasteiger partial charge >= 0.3 is 0 Å². The summed E-state index contributed by atoms with van der Waals surface area (Å²) in [4.78, 5) is 19.1. The van der Waals surface area contributed by atoms with E-state index in [-0.39, 0.29) is 5.56 Å². The smallest absolute Gasteiger partial charge is 0.255 e. The van der Waals surface area contributed by atoms with E-state index in [0.29, 0.717) is 10.8 Å². The van der Waals surface area contributed by atoms with Crippen LogP contribution in [0.1, 0.15) is 11.3 Å². The number of aromatic amines is 1. The summed E-state index contributed by atoms with van der Waals surface area (Å²) in [6, 6.07) is 7.38. The minimum Gasteiger partial charge on any atom is -0.306 e. The van der Waals surface area contributed by atoms with Crippen LogP contribution in [0.2, 0.25) is 5.02 Å². The molecule has 2 aromatic rings. The van der Waals surface area contributed by atoms with Crippen LogP contribution in [0.3, 0.4) is 0 Å². The molecule has 1 N–H and O–H groups in total. The molecule has 0 aliphatic carbocycles. The van der Waals surface area contributed by atoms with Crippen LogP contribution < -0.4 is 5.56 Å². The number of rotatable bonds is 1. The Hall–Kier alpha value is -1.26. The van der Waals surface area contributed by atoms with Crippen LogP contribution in [0.25, 0.3) is 11.4 Å². The van der Waals surface area contributed by atoms with Gasteiger partial charge in [0.2, 0.25) is 0 Å². The molecular weight excluding hydrogens is 256 g/mol. The SMILES string of the molecule is O=c1[nH]c(-c2ccccc2Cl)nc2c1CSC2. The second-order valence-electron chi connectivity index (χ2n) is 3.81. The molecule has 0 atom stereocenters. The molecule has 0 saturated heterocycles. The fourth-order valence-electron chi connectivity index (χ4n) is 1.84. The highest BCUT2D eigenvalue weighted by molar-refractivity contribution is 7.98. The van der Waals surface area contributed by atoms with Gasteiger partial charge in [0.15, 0.2) is 0 Å². The van der Waals surface area contributed by atoms with Gasteiger partial charge in [-0.2, -0.15) is 11.8 Å². The van der Waals surface area contributed by atoms with E-state index >= 15 is 0 Å². The van der Waals surface area contributed by atoms with Gasteiger partial charge in [-0.1, -0.05) is 23.7 Å². The summed E-state index contributed by atoms with van der Waals surface area (Å²) in [6.07, 6.45) is 0. The molecule has 0 amide bonds. The zero-order chi connectivity index (χ0) is 11.8. The van der Waals surface area contributed by atoms with Crippen LogP contribution in [0.4, 0.5) is 0 Å². The third-order valence-electron chi connectivity index (χ3n) is 2.72. The van der Waals surface area contributed by atoms with E-state index < -0.39 is 0 Å². The first kappa shape index (κ1) is 10.9. The van der Waals surface area contributed by atoms with Crippen molar-refractivity contribution >= 4 is 23.4 Å². The van der Waals surface area contributed by atoms with Gasteiger partial charge in [-0.25, -0.2) is 4.98 Å². The molecule has 0 bridgehead atoms. The zero-order valence-electron chi connectivity index (χ0n) is 8.87.